The molecule has 0 aromatic heterocycles. The number of ether oxygens (including phenoxy) is 2. The number of carbonyl (C=O) groups excluding carboxylic acids is 3. The van der Waals surface area contributed by atoms with Gasteiger partial charge in [0, 0.05) is 18.3 Å². The van der Waals surface area contributed by atoms with Crippen molar-refractivity contribution in [3.63, 3.8) is 0 Å². The zero-order valence-electron chi connectivity index (χ0n) is 18.1. The summed E-state index contributed by atoms with van der Waals surface area (Å²) < 4.78 is 11.2. The van der Waals surface area contributed by atoms with Gasteiger partial charge in [-0.1, -0.05) is 19.4 Å². The van der Waals surface area contributed by atoms with E-state index in [0.29, 0.717) is 38.5 Å². The highest BCUT2D eigenvalue weighted by atomic mass is 16.6. The monoisotopic (exact) mass is 416 g/mol. The Bertz CT molecular complexity index is 847. The standard InChI is InChI=1S/C24H32O6/c1-22-7-4-14(25)10-13(22)11-15(21(28)29-3)19-16-5-8-24(9-6-18(27)30-24)23(16,2)12-17(26)20(19)22/h10,15-17,19-20,26H,4-9,11-12H2,1-3H3/t15-,16-,17+,19-,20-,22+,23+,24-/m1/s1. The van der Waals surface area contributed by atoms with Crippen LogP contribution >= 0.6 is 0 Å². The summed E-state index contributed by atoms with van der Waals surface area (Å²) in [6.45, 7) is 4.33. The van der Waals surface area contributed by atoms with E-state index in [1.165, 1.54) is 7.11 Å². The van der Waals surface area contributed by atoms with Gasteiger partial charge in [0.2, 0.25) is 0 Å². The molecule has 6 heteroatoms. The van der Waals surface area contributed by atoms with Crippen LogP contribution in [-0.2, 0) is 23.9 Å². The maximum absolute atomic E-state index is 12.9. The molecule has 4 aliphatic carbocycles. The van der Waals surface area contributed by atoms with Crippen LogP contribution < -0.4 is 0 Å². The number of hydrogen-bond acceptors (Lipinski definition) is 6. The predicted molar refractivity (Wildman–Crippen MR) is 107 cm³/mol. The quantitative estimate of drug-likeness (QED) is 0.661. The van der Waals surface area contributed by atoms with Gasteiger partial charge in [-0.25, -0.2) is 0 Å². The van der Waals surface area contributed by atoms with Gasteiger partial charge >= 0.3 is 11.9 Å². The Labute approximate surface area is 177 Å². The molecule has 0 radical (unpaired) electrons. The second-order valence-corrected chi connectivity index (χ2v) is 10.8. The van der Waals surface area contributed by atoms with E-state index in [-0.39, 0.29) is 52.2 Å². The van der Waals surface area contributed by atoms with Crippen LogP contribution in [0.5, 0.6) is 0 Å². The smallest absolute Gasteiger partial charge is 0.309 e. The molecular weight excluding hydrogens is 384 g/mol. The number of rotatable bonds is 1. The maximum atomic E-state index is 12.9. The third-order valence-corrected chi connectivity index (χ3v) is 9.79. The lowest BCUT2D eigenvalue weighted by Crippen LogP contribution is -2.62. The second kappa shape index (κ2) is 6.41. The van der Waals surface area contributed by atoms with Gasteiger partial charge in [0.1, 0.15) is 5.60 Å². The van der Waals surface area contributed by atoms with E-state index in [2.05, 4.69) is 13.8 Å². The molecule has 1 saturated heterocycles. The van der Waals surface area contributed by atoms with Crippen LogP contribution in [0.15, 0.2) is 11.6 Å². The lowest BCUT2D eigenvalue weighted by molar-refractivity contribution is -0.197. The summed E-state index contributed by atoms with van der Waals surface area (Å²) in [5.74, 6) is -0.636. The summed E-state index contributed by atoms with van der Waals surface area (Å²) in [5, 5.41) is 11.6. The van der Waals surface area contributed by atoms with E-state index in [9.17, 15) is 19.5 Å². The molecule has 5 rings (SSSR count). The number of methoxy groups -OCH3 is 1. The van der Waals surface area contributed by atoms with Crippen molar-refractivity contribution in [2.24, 2.45) is 34.5 Å². The normalized spacial score (nSPS) is 49.7. The SMILES string of the molecule is COC(=O)[C@@H]1CC2=CC(=O)CC[C@]2(C)[C@H]2[C@H]1[C@H]1CC[C@@]3(CCC(=O)O3)[C@@]1(C)C[C@@H]2O. The van der Waals surface area contributed by atoms with Crippen LogP contribution in [0.3, 0.4) is 0 Å². The molecule has 8 atom stereocenters. The van der Waals surface area contributed by atoms with Crippen molar-refractivity contribution >= 4 is 17.7 Å². The van der Waals surface area contributed by atoms with Crippen molar-refractivity contribution in [1.82, 2.24) is 0 Å². The van der Waals surface area contributed by atoms with E-state index in [1.807, 2.05) is 0 Å². The molecule has 164 valence electrons. The van der Waals surface area contributed by atoms with Crippen molar-refractivity contribution < 1.29 is 29.0 Å². The average molecular weight is 417 g/mol. The molecule has 1 N–H and O–H groups in total. The highest BCUT2D eigenvalue weighted by Gasteiger charge is 2.71. The second-order valence-electron chi connectivity index (χ2n) is 10.8. The van der Waals surface area contributed by atoms with Crippen LogP contribution in [0, 0.1) is 34.5 Å². The Kier molecular flexibility index (Phi) is 4.32. The highest BCUT2D eigenvalue weighted by molar-refractivity contribution is 5.92. The Morgan fingerprint density at radius 2 is 1.97 bits per heavy atom. The van der Waals surface area contributed by atoms with Gasteiger partial charge in [0.25, 0.3) is 0 Å². The Hall–Kier alpha value is -1.69. The highest BCUT2D eigenvalue weighted by Crippen LogP contribution is 2.70. The van der Waals surface area contributed by atoms with Crippen molar-refractivity contribution in [2.45, 2.75) is 76.9 Å². The van der Waals surface area contributed by atoms with Gasteiger partial charge in [-0.15, -0.1) is 0 Å². The first-order valence-corrected chi connectivity index (χ1v) is 11.4. The van der Waals surface area contributed by atoms with Crippen LogP contribution in [0.25, 0.3) is 0 Å². The summed E-state index contributed by atoms with van der Waals surface area (Å²) in [5.41, 5.74) is -0.168. The van der Waals surface area contributed by atoms with Crippen LogP contribution in [0.4, 0.5) is 0 Å². The Balaban J connectivity index is 1.62. The summed E-state index contributed by atoms with van der Waals surface area (Å²) >= 11 is 0. The molecule has 3 saturated carbocycles. The molecule has 30 heavy (non-hydrogen) atoms. The van der Waals surface area contributed by atoms with Gasteiger partial charge < -0.3 is 14.6 Å². The van der Waals surface area contributed by atoms with E-state index in [4.69, 9.17) is 9.47 Å². The molecule has 0 unspecified atom stereocenters. The zero-order chi connectivity index (χ0) is 21.5. The molecule has 0 bridgehead atoms. The molecule has 5 aliphatic rings. The minimum atomic E-state index is -0.611. The van der Waals surface area contributed by atoms with Crippen molar-refractivity contribution in [3.05, 3.63) is 11.6 Å². The summed E-state index contributed by atoms with van der Waals surface area (Å²) in [6.07, 6.45) is 6.21. The molecule has 0 aromatic carbocycles. The number of aliphatic hydroxyl groups excluding tert-OH is 1. The fourth-order valence-corrected chi connectivity index (χ4v) is 8.35. The minimum absolute atomic E-state index is 0.0415. The molecule has 0 aromatic rings. The molecule has 4 fully saturated rings. The van der Waals surface area contributed by atoms with Gasteiger partial charge in [-0.05, 0) is 67.8 Å². The topological polar surface area (TPSA) is 89.9 Å². The number of aliphatic hydroxyl groups is 1. The number of ketones is 1. The molecule has 0 amide bonds. The fourth-order valence-electron chi connectivity index (χ4n) is 8.35. The first-order chi connectivity index (χ1) is 14.1. The third-order valence-electron chi connectivity index (χ3n) is 9.79. The molecular formula is C24H32O6. The van der Waals surface area contributed by atoms with E-state index >= 15 is 0 Å². The predicted octanol–water partition coefficient (Wildman–Crippen LogP) is 2.96. The molecule has 1 heterocycles. The van der Waals surface area contributed by atoms with Crippen LogP contribution in [-0.4, -0.2) is 41.6 Å². The minimum Gasteiger partial charge on any atom is -0.469 e. The molecule has 1 spiro atoms. The van der Waals surface area contributed by atoms with Crippen molar-refractivity contribution in [3.8, 4) is 0 Å². The first kappa shape index (κ1) is 20.2. The van der Waals surface area contributed by atoms with Gasteiger partial charge in [-0.2, -0.15) is 0 Å². The lowest BCUT2D eigenvalue weighted by Gasteiger charge is -2.62. The van der Waals surface area contributed by atoms with Crippen LogP contribution in [0.1, 0.15) is 65.2 Å². The fraction of sp³-hybridized carbons (Fsp3) is 0.792. The summed E-state index contributed by atoms with van der Waals surface area (Å²) in [4.78, 5) is 37.2. The summed E-state index contributed by atoms with van der Waals surface area (Å²) in [6, 6.07) is 0. The number of esters is 2. The average Bonchev–Trinajstić information content (AvgIpc) is 3.21. The Morgan fingerprint density at radius 1 is 1.20 bits per heavy atom. The number of fused-ring (bicyclic) bond motifs is 6. The lowest BCUT2D eigenvalue weighted by atomic mass is 9.43. The first-order valence-electron chi connectivity index (χ1n) is 11.4. The molecule has 1 aliphatic heterocycles. The van der Waals surface area contributed by atoms with Crippen LogP contribution in [0.2, 0.25) is 0 Å². The van der Waals surface area contributed by atoms with E-state index < -0.39 is 11.7 Å². The van der Waals surface area contributed by atoms with Crippen molar-refractivity contribution in [2.75, 3.05) is 7.11 Å². The largest absolute Gasteiger partial charge is 0.469 e. The van der Waals surface area contributed by atoms with E-state index in [0.717, 1.165) is 18.4 Å². The van der Waals surface area contributed by atoms with Gasteiger partial charge in [0.15, 0.2) is 5.78 Å². The summed E-state index contributed by atoms with van der Waals surface area (Å²) in [7, 11) is 1.42. The number of carbonyl (C=O) groups is 3. The maximum Gasteiger partial charge on any atom is 0.309 e. The van der Waals surface area contributed by atoms with Gasteiger partial charge in [0.05, 0.1) is 19.1 Å². The molecule has 6 nitrogen and oxygen atoms in total. The van der Waals surface area contributed by atoms with Crippen molar-refractivity contribution in [1.29, 1.82) is 0 Å². The third kappa shape index (κ3) is 2.43. The van der Waals surface area contributed by atoms with E-state index in [1.54, 1.807) is 6.08 Å². The zero-order valence-corrected chi connectivity index (χ0v) is 18.1. The number of hydrogen-bond donors (Lipinski definition) is 1. The van der Waals surface area contributed by atoms with Gasteiger partial charge in [-0.3, -0.25) is 14.4 Å². The number of allylic oxidation sites excluding steroid dienone is 1. The Morgan fingerprint density at radius 3 is 2.63 bits per heavy atom.